The Bertz CT molecular complexity index is 421. The van der Waals surface area contributed by atoms with Gasteiger partial charge in [-0.15, -0.1) is 0 Å². The van der Waals surface area contributed by atoms with Crippen molar-refractivity contribution in [2.75, 3.05) is 5.73 Å². The summed E-state index contributed by atoms with van der Waals surface area (Å²) >= 11 is 0. The Morgan fingerprint density at radius 3 is 2.33 bits per heavy atom. The van der Waals surface area contributed by atoms with Gasteiger partial charge in [0.15, 0.2) is 5.78 Å². The van der Waals surface area contributed by atoms with Crippen molar-refractivity contribution in [1.82, 2.24) is 0 Å². The second-order valence-electron chi connectivity index (χ2n) is 2.31. The normalized spacial score (nSPS) is 11.1. The molecule has 0 aliphatic carbocycles. The van der Waals surface area contributed by atoms with E-state index >= 15 is 0 Å². The fourth-order valence-electron chi connectivity index (χ4n) is 0.889. The molecule has 1 rings (SSSR count). The first kappa shape index (κ1) is 8.39. The van der Waals surface area contributed by atoms with Crippen molar-refractivity contribution in [2.45, 2.75) is 6.92 Å². The zero-order valence-electron chi connectivity index (χ0n) is 6.46. The Morgan fingerprint density at radius 1 is 1.33 bits per heavy atom. The van der Waals surface area contributed by atoms with Crippen molar-refractivity contribution in [3.63, 3.8) is 0 Å². The fourth-order valence-corrected chi connectivity index (χ4v) is 0.889. The first-order valence-corrected chi connectivity index (χ1v) is 3.35. The van der Waals surface area contributed by atoms with Crippen molar-refractivity contribution in [3.8, 4) is 0 Å². The molecule has 0 saturated heterocycles. The minimum absolute atomic E-state index is 0.182. The van der Waals surface area contributed by atoms with Gasteiger partial charge < -0.3 is 5.73 Å². The van der Waals surface area contributed by atoms with Crippen LogP contribution in [0.15, 0.2) is 21.7 Å². The summed E-state index contributed by atoms with van der Waals surface area (Å²) in [5, 5.41) is 0. The minimum atomic E-state index is -0.782. The second kappa shape index (κ2) is 2.73. The van der Waals surface area contributed by atoms with E-state index in [4.69, 9.17) is 5.73 Å². The lowest BCUT2D eigenvalue weighted by Gasteiger charge is -2.00. The van der Waals surface area contributed by atoms with Crippen LogP contribution in [-0.2, 0) is 0 Å². The Hall–Kier alpha value is -1.71. The molecule has 0 amide bonds. The molecule has 12 heavy (non-hydrogen) atoms. The number of hydrogen-bond acceptors (Lipinski definition) is 4. The molecule has 0 spiro atoms. The number of hydrogen-bond donors (Lipinski definition) is 1. The van der Waals surface area contributed by atoms with E-state index in [1.165, 1.54) is 12.2 Å². The van der Waals surface area contributed by atoms with Gasteiger partial charge in [-0.3, -0.25) is 14.4 Å². The highest BCUT2D eigenvalue weighted by Gasteiger charge is 2.22. The third kappa shape index (κ3) is 0.972. The van der Waals surface area contributed by atoms with Crippen LogP contribution in [0.3, 0.4) is 0 Å². The number of nitrogens with two attached hydrogens (primary N) is 1. The van der Waals surface area contributed by atoms with Crippen LogP contribution in [0, 0.1) is 0 Å². The Labute approximate surface area is 68.0 Å². The maximum atomic E-state index is 11.0. The summed E-state index contributed by atoms with van der Waals surface area (Å²) in [6.07, 6.45) is 2.69. The van der Waals surface area contributed by atoms with Gasteiger partial charge in [-0.05, 0) is 13.0 Å². The number of ketones is 1. The van der Waals surface area contributed by atoms with Crippen LogP contribution < -0.4 is 16.6 Å². The van der Waals surface area contributed by atoms with E-state index < -0.39 is 16.6 Å². The molecule has 1 aromatic rings. The average molecular weight is 165 g/mol. The number of allylic oxidation sites excluding steroid dienone is 2. The van der Waals surface area contributed by atoms with Crippen molar-refractivity contribution >= 4 is 11.5 Å². The van der Waals surface area contributed by atoms with E-state index in [1.807, 2.05) is 0 Å². The smallest absolute Gasteiger partial charge is 0.250 e. The molecule has 0 aromatic heterocycles. The summed E-state index contributed by atoms with van der Waals surface area (Å²) in [4.78, 5) is 32.3. The maximum Gasteiger partial charge on any atom is 0.250 e. The predicted octanol–water partition coefficient (Wildman–Crippen LogP) is -0.376. The summed E-state index contributed by atoms with van der Waals surface area (Å²) in [7, 11) is 0. The molecule has 1 aromatic carbocycles. The van der Waals surface area contributed by atoms with Crippen LogP contribution in [-0.4, -0.2) is 5.78 Å². The monoisotopic (exact) mass is 165 g/mol. The van der Waals surface area contributed by atoms with Gasteiger partial charge in [0.05, 0.1) is 5.69 Å². The average Bonchev–Trinajstić information content (AvgIpc) is 2.05. The summed E-state index contributed by atoms with van der Waals surface area (Å²) in [6.45, 7) is 1.64. The molecule has 4 nitrogen and oxygen atoms in total. The number of nitrogen functional groups attached to an aromatic ring is 1. The van der Waals surface area contributed by atoms with E-state index in [0.29, 0.717) is 0 Å². The SMILES string of the molecule is CC=CC(=O)c1c(N)c(=O)c1=O. The van der Waals surface area contributed by atoms with Crippen LogP contribution in [0.1, 0.15) is 17.3 Å². The summed E-state index contributed by atoms with van der Waals surface area (Å²) in [6, 6.07) is 0. The Balaban J connectivity index is 3.16. The van der Waals surface area contributed by atoms with Gasteiger partial charge in [-0.25, -0.2) is 0 Å². The molecule has 0 fully saturated rings. The molecular formula is C8H7NO3. The van der Waals surface area contributed by atoms with E-state index in [2.05, 4.69) is 0 Å². The van der Waals surface area contributed by atoms with Crippen LogP contribution >= 0.6 is 0 Å². The van der Waals surface area contributed by atoms with Gasteiger partial charge in [0.25, 0.3) is 0 Å². The van der Waals surface area contributed by atoms with Gasteiger partial charge in [0, 0.05) is 0 Å². The first-order chi connectivity index (χ1) is 5.59. The molecule has 0 radical (unpaired) electrons. The van der Waals surface area contributed by atoms with E-state index in [1.54, 1.807) is 6.92 Å². The summed E-state index contributed by atoms with van der Waals surface area (Å²) in [5.74, 6) is -0.500. The zero-order chi connectivity index (χ0) is 9.30. The third-order valence-electron chi connectivity index (χ3n) is 1.51. The number of carbonyl (C=O) groups is 1. The molecule has 0 atom stereocenters. The lowest BCUT2D eigenvalue weighted by Crippen LogP contribution is -2.40. The van der Waals surface area contributed by atoms with Crippen molar-refractivity contribution < 1.29 is 4.79 Å². The van der Waals surface area contributed by atoms with E-state index in [-0.39, 0.29) is 11.3 Å². The standard InChI is InChI=1S/C8H7NO3/c1-2-3-4(10)5-6(9)8(12)7(5)11/h2-3H,9H2,1H3. The largest absolute Gasteiger partial charge is 0.395 e. The minimum Gasteiger partial charge on any atom is -0.395 e. The van der Waals surface area contributed by atoms with Crippen LogP contribution in [0.25, 0.3) is 0 Å². The van der Waals surface area contributed by atoms with Crippen molar-refractivity contribution in [3.05, 3.63) is 38.2 Å². The number of carbonyl (C=O) groups excluding carboxylic acids is 1. The van der Waals surface area contributed by atoms with Crippen molar-refractivity contribution in [1.29, 1.82) is 0 Å². The lowest BCUT2D eigenvalue weighted by atomic mass is 10.0. The molecule has 2 N–H and O–H groups in total. The number of anilines is 1. The zero-order valence-corrected chi connectivity index (χ0v) is 6.46. The van der Waals surface area contributed by atoms with Gasteiger partial charge in [0.2, 0.25) is 10.9 Å². The predicted molar refractivity (Wildman–Crippen MR) is 44.9 cm³/mol. The van der Waals surface area contributed by atoms with Crippen LogP contribution in [0.2, 0.25) is 0 Å². The van der Waals surface area contributed by atoms with Crippen LogP contribution in [0.5, 0.6) is 0 Å². The molecule has 62 valence electrons. The van der Waals surface area contributed by atoms with Gasteiger partial charge in [-0.2, -0.15) is 0 Å². The maximum absolute atomic E-state index is 11.0. The van der Waals surface area contributed by atoms with Crippen LogP contribution in [0.4, 0.5) is 5.69 Å². The van der Waals surface area contributed by atoms with Gasteiger partial charge in [0.1, 0.15) is 5.56 Å². The Morgan fingerprint density at radius 2 is 1.92 bits per heavy atom. The molecule has 0 aliphatic heterocycles. The highest BCUT2D eigenvalue weighted by molar-refractivity contribution is 6.09. The van der Waals surface area contributed by atoms with Gasteiger partial charge >= 0.3 is 0 Å². The van der Waals surface area contributed by atoms with E-state index in [0.717, 1.165) is 0 Å². The summed E-state index contributed by atoms with van der Waals surface area (Å²) < 4.78 is 0. The number of rotatable bonds is 2. The molecule has 0 saturated carbocycles. The molecule has 0 heterocycles. The molecule has 0 unspecified atom stereocenters. The molecule has 4 heteroatoms. The second-order valence-corrected chi connectivity index (χ2v) is 2.31. The quantitative estimate of drug-likeness (QED) is 0.368. The molecular weight excluding hydrogens is 158 g/mol. The van der Waals surface area contributed by atoms with Gasteiger partial charge in [-0.1, -0.05) is 6.08 Å². The third-order valence-corrected chi connectivity index (χ3v) is 1.51. The van der Waals surface area contributed by atoms with Crippen molar-refractivity contribution in [2.24, 2.45) is 0 Å². The lowest BCUT2D eigenvalue weighted by molar-refractivity contribution is 0.104. The first-order valence-electron chi connectivity index (χ1n) is 3.35. The highest BCUT2D eigenvalue weighted by atomic mass is 16.2. The Kier molecular flexibility index (Phi) is 1.91. The van der Waals surface area contributed by atoms with E-state index in [9.17, 15) is 14.4 Å². The summed E-state index contributed by atoms with van der Waals surface area (Å²) in [5.41, 5.74) is 3.20. The fraction of sp³-hybridized carbons (Fsp3) is 0.125. The highest BCUT2D eigenvalue weighted by Crippen LogP contribution is 2.03. The molecule has 0 bridgehead atoms. The topological polar surface area (TPSA) is 77.2 Å². The molecule has 0 aliphatic rings.